The number of pyridine rings is 2. The summed E-state index contributed by atoms with van der Waals surface area (Å²) in [6.45, 7) is 9.08. The highest BCUT2D eigenvalue weighted by atomic mass is 35.5. The Bertz CT molecular complexity index is 1280. The number of halogens is 1. The van der Waals surface area contributed by atoms with Crippen LogP contribution in [-0.2, 0) is 6.54 Å². The largest absolute Gasteiger partial charge is 0.369 e. The topological polar surface area (TPSA) is 44.3 Å². The lowest BCUT2D eigenvalue weighted by atomic mass is 10.1. The lowest BCUT2D eigenvalue weighted by Gasteiger charge is -2.37. The molecular weight excluding hydrogens is 462 g/mol. The first-order valence-corrected chi connectivity index (χ1v) is 12.5. The quantitative estimate of drug-likeness (QED) is 0.313. The molecule has 0 aliphatic carbocycles. The second kappa shape index (κ2) is 10.5. The highest BCUT2D eigenvalue weighted by molar-refractivity contribution is 8.00. The van der Waals surface area contributed by atoms with E-state index in [0.29, 0.717) is 0 Å². The van der Waals surface area contributed by atoms with Crippen LogP contribution in [0.15, 0.2) is 90.7 Å². The van der Waals surface area contributed by atoms with E-state index in [1.165, 1.54) is 0 Å². The first kappa shape index (κ1) is 22.7. The Morgan fingerprint density at radius 1 is 0.971 bits per heavy atom. The summed E-state index contributed by atoms with van der Waals surface area (Å²) < 4.78 is 3.44. The highest BCUT2D eigenvalue weighted by Gasteiger charge is 2.19. The van der Waals surface area contributed by atoms with Crippen molar-refractivity contribution in [1.29, 1.82) is 0 Å². The van der Waals surface area contributed by atoms with Gasteiger partial charge in [0.2, 0.25) is 0 Å². The first-order chi connectivity index (χ1) is 16.7. The van der Waals surface area contributed by atoms with Crippen LogP contribution in [0.25, 0.3) is 16.6 Å². The molecule has 1 aliphatic rings. The van der Waals surface area contributed by atoms with Crippen molar-refractivity contribution >= 4 is 45.8 Å². The summed E-state index contributed by atoms with van der Waals surface area (Å²) in [5, 5.41) is 1.88. The molecule has 1 aliphatic heterocycles. The molecule has 0 atom stereocenters. The van der Waals surface area contributed by atoms with Crippen LogP contribution >= 0.6 is 23.5 Å². The fourth-order valence-corrected chi connectivity index (χ4v) is 5.09. The number of piperazine rings is 1. The molecule has 0 amide bonds. The van der Waals surface area contributed by atoms with Gasteiger partial charge in [-0.05, 0) is 53.4 Å². The minimum absolute atomic E-state index is 0.734. The number of aromatic nitrogens is 2. The van der Waals surface area contributed by atoms with Crippen LogP contribution in [0.2, 0.25) is 5.02 Å². The van der Waals surface area contributed by atoms with Crippen LogP contribution in [0, 0.1) is 0 Å². The average molecular weight is 488 g/mol. The number of nitrogens with one attached hydrogen (secondary N) is 1. The van der Waals surface area contributed by atoms with Crippen molar-refractivity contribution in [2.75, 3.05) is 30.9 Å². The van der Waals surface area contributed by atoms with Crippen LogP contribution in [-0.4, -0.2) is 45.9 Å². The summed E-state index contributed by atoms with van der Waals surface area (Å²) in [7, 11) is 0. The normalized spacial score (nSPS) is 14.3. The Labute approximate surface area is 209 Å². The monoisotopic (exact) mass is 487 g/mol. The molecule has 0 bridgehead atoms. The molecule has 3 heterocycles. The second-order valence-corrected chi connectivity index (χ2v) is 9.54. The van der Waals surface area contributed by atoms with E-state index in [2.05, 4.69) is 79.6 Å². The molecule has 5 rings (SSSR count). The highest BCUT2D eigenvalue weighted by Crippen LogP contribution is 2.28. The van der Waals surface area contributed by atoms with Crippen molar-refractivity contribution in [1.82, 2.24) is 19.8 Å². The van der Waals surface area contributed by atoms with E-state index < -0.39 is 0 Å². The molecule has 4 aromatic rings. The van der Waals surface area contributed by atoms with Gasteiger partial charge < -0.3 is 9.62 Å². The lowest BCUT2D eigenvalue weighted by molar-refractivity contribution is 0.169. The second-order valence-electron chi connectivity index (χ2n) is 8.29. The molecular formula is C27H26ClN5S. The molecule has 5 nitrogen and oxygen atoms in total. The van der Waals surface area contributed by atoms with Gasteiger partial charge in [0.1, 0.15) is 0 Å². The Morgan fingerprint density at radius 3 is 2.56 bits per heavy atom. The van der Waals surface area contributed by atoms with E-state index in [-0.39, 0.29) is 0 Å². The van der Waals surface area contributed by atoms with Gasteiger partial charge in [-0.2, -0.15) is 0 Å². The van der Waals surface area contributed by atoms with Gasteiger partial charge in [-0.25, -0.2) is 0 Å². The van der Waals surface area contributed by atoms with Crippen molar-refractivity contribution in [3.63, 3.8) is 0 Å². The number of hydrogen-bond donors (Lipinski definition) is 1. The predicted octanol–water partition coefficient (Wildman–Crippen LogP) is 6.19. The van der Waals surface area contributed by atoms with Gasteiger partial charge in [-0.1, -0.05) is 48.5 Å². The number of para-hydroxylation sites is 1. The van der Waals surface area contributed by atoms with Gasteiger partial charge in [0.15, 0.2) is 0 Å². The molecule has 0 unspecified atom stereocenters. The summed E-state index contributed by atoms with van der Waals surface area (Å²) >= 11 is 7.86. The number of fused-ring (bicyclic) bond motifs is 1. The van der Waals surface area contributed by atoms with Gasteiger partial charge >= 0.3 is 0 Å². The third-order valence-electron chi connectivity index (χ3n) is 6.10. The van der Waals surface area contributed by atoms with Crippen molar-refractivity contribution in [2.45, 2.75) is 11.4 Å². The Morgan fingerprint density at radius 2 is 1.76 bits per heavy atom. The zero-order valence-electron chi connectivity index (χ0n) is 18.8. The molecule has 2 aromatic carbocycles. The predicted molar refractivity (Wildman–Crippen MR) is 143 cm³/mol. The molecule has 0 spiro atoms. The fourth-order valence-electron chi connectivity index (χ4n) is 4.13. The van der Waals surface area contributed by atoms with E-state index in [1.807, 2.05) is 18.3 Å². The van der Waals surface area contributed by atoms with E-state index in [9.17, 15) is 0 Å². The average Bonchev–Trinajstić information content (AvgIpc) is 2.89. The molecule has 34 heavy (non-hydrogen) atoms. The molecule has 1 fully saturated rings. The van der Waals surface area contributed by atoms with Gasteiger partial charge in [0.25, 0.3) is 0 Å². The number of hydrogen-bond acceptors (Lipinski definition) is 6. The summed E-state index contributed by atoms with van der Waals surface area (Å²) in [5.41, 5.74) is 5.41. The van der Waals surface area contributed by atoms with Crippen LogP contribution in [0.3, 0.4) is 0 Å². The minimum Gasteiger partial charge on any atom is -0.369 e. The number of rotatable bonds is 7. The van der Waals surface area contributed by atoms with Crippen LogP contribution in [0.1, 0.15) is 11.1 Å². The standard InChI is InChI=1S/C27H26ClN5S/c1-20(33-16-14-32(15-17-33)19-23-11-13-29-18-25(23)28)21-7-9-24(10-8-21)31-34-26-6-2-4-22-5-3-12-30-27(22)26/h2-13,18,31H,1,14-17,19H2. The van der Waals surface area contributed by atoms with Crippen molar-refractivity contribution in [2.24, 2.45) is 0 Å². The third kappa shape index (κ3) is 5.20. The van der Waals surface area contributed by atoms with E-state index in [1.54, 1.807) is 24.3 Å². The van der Waals surface area contributed by atoms with Gasteiger partial charge in [-0.15, -0.1) is 0 Å². The molecule has 1 N–H and O–H groups in total. The Hall–Kier alpha value is -3.06. The summed E-state index contributed by atoms with van der Waals surface area (Å²) in [6, 6.07) is 20.8. The van der Waals surface area contributed by atoms with Crippen LogP contribution < -0.4 is 4.72 Å². The Balaban J connectivity index is 1.15. The number of benzene rings is 2. The number of anilines is 1. The maximum absolute atomic E-state index is 6.27. The number of nitrogens with zero attached hydrogens (tertiary/aromatic N) is 4. The molecule has 172 valence electrons. The van der Waals surface area contributed by atoms with E-state index in [0.717, 1.165) is 76.1 Å². The van der Waals surface area contributed by atoms with Crippen molar-refractivity contribution in [3.8, 4) is 0 Å². The maximum atomic E-state index is 6.27. The molecule has 0 radical (unpaired) electrons. The smallest absolute Gasteiger partial charge is 0.0855 e. The summed E-state index contributed by atoms with van der Waals surface area (Å²) in [5.74, 6) is 0. The molecule has 7 heteroatoms. The summed E-state index contributed by atoms with van der Waals surface area (Å²) in [4.78, 5) is 14.5. The zero-order chi connectivity index (χ0) is 23.3. The van der Waals surface area contributed by atoms with Crippen LogP contribution in [0.4, 0.5) is 5.69 Å². The van der Waals surface area contributed by atoms with Crippen molar-refractivity contribution < 1.29 is 0 Å². The Kier molecular flexibility index (Phi) is 7.00. The van der Waals surface area contributed by atoms with Crippen molar-refractivity contribution in [3.05, 3.63) is 102 Å². The van der Waals surface area contributed by atoms with E-state index in [4.69, 9.17) is 11.6 Å². The minimum atomic E-state index is 0.734. The lowest BCUT2D eigenvalue weighted by Crippen LogP contribution is -2.44. The maximum Gasteiger partial charge on any atom is 0.0855 e. The van der Waals surface area contributed by atoms with Gasteiger partial charge in [-0.3, -0.25) is 14.9 Å². The molecule has 2 aromatic heterocycles. The third-order valence-corrected chi connectivity index (χ3v) is 7.32. The molecule has 0 saturated carbocycles. The summed E-state index contributed by atoms with van der Waals surface area (Å²) in [6.07, 6.45) is 5.35. The molecule has 1 saturated heterocycles. The van der Waals surface area contributed by atoms with E-state index >= 15 is 0 Å². The van der Waals surface area contributed by atoms with Gasteiger partial charge in [0, 0.05) is 68.1 Å². The van der Waals surface area contributed by atoms with Crippen LogP contribution in [0.5, 0.6) is 0 Å². The zero-order valence-corrected chi connectivity index (χ0v) is 20.4. The van der Waals surface area contributed by atoms with Gasteiger partial charge in [0.05, 0.1) is 15.4 Å². The fraction of sp³-hybridized carbons (Fsp3) is 0.185. The first-order valence-electron chi connectivity index (χ1n) is 11.3. The SMILES string of the molecule is C=C(c1ccc(NSc2cccc3cccnc23)cc1)N1CCN(Cc2ccncc2Cl)CC1.